The highest BCUT2D eigenvalue weighted by Crippen LogP contribution is 2.29. The number of nitrogens with zero attached hydrogens (tertiary/aromatic N) is 1. The monoisotopic (exact) mass is 450 g/mol. The van der Waals surface area contributed by atoms with Gasteiger partial charge in [-0.25, -0.2) is 30.3 Å². The van der Waals surface area contributed by atoms with E-state index in [4.69, 9.17) is 0 Å². The van der Waals surface area contributed by atoms with E-state index in [0.717, 1.165) is 36.3 Å². The van der Waals surface area contributed by atoms with Gasteiger partial charge in [-0.2, -0.15) is 4.31 Å². The van der Waals surface area contributed by atoms with Gasteiger partial charge in [-0.05, 0) is 48.9 Å². The maximum absolute atomic E-state index is 13.8. The molecule has 2 heterocycles. The summed E-state index contributed by atoms with van der Waals surface area (Å²) in [4.78, 5) is -0.765. The first-order valence-corrected chi connectivity index (χ1v) is 12.5. The van der Waals surface area contributed by atoms with E-state index in [-0.39, 0.29) is 23.2 Å². The summed E-state index contributed by atoms with van der Waals surface area (Å²) in [5, 5.41) is 1.69. The van der Waals surface area contributed by atoms with E-state index >= 15 is 0 Å². The number of rotatable bonds is 7. The molecule has 6 nitrogen and oxygen atoms in total. The smallest absolute Gasteiger partial charge is 0.211 e. The van der Waals surface area contributed by atoms with Crippen molar-refractivity contribution < 1.29 is 25.6 Å². The lowest BCUT2D eigenvalue weighted by atomic mass is 10.0. The Balaban J connectivity index is 1.70. The summed E-state index contributed by atoms with van der Waals surface area (Å²) in [5.41, 5.74) is 0. The Morgan fingerprint density at radius 2 is 1.93 bits per heavy atom. The van der Waals surface area contributed by atoms with Crippen molar-refractivity contribution in [1.82, 2.24) is 9.03 Å². The minimum Gasteiger partial charge on any atom is -0.211 e. The first-order chi connectivity index (χ1) is 13.2. The van der Waals surface area contributed by atoms with Crippen LogP contribution in [-0.4, -0.2) is 40.3 Å². The van der Waals surface area contributed by atoms with Gasteiger partial charge < -0.3 is 0 Å². The van der Waals surface area contributed by atoms with Crippen LogP contribution in [0.25, 0.3) is 0 Å². The van der Waals surface area contributed by atoms with Gasteiger partial charge in [0.2, 0.25) is 10.0 Å². The third kappa shape index (κ3) is 4.60. The van der Waals surface area contributed by atoms with Crippen molar-refractivity contribution in [3.8, 4) is 0 Å². The lowest BCUT2D eigenvalue weighted by molar-refractivity contribution is 0.242. The molecule has 154 valence electrons. The SMILES string of the molecule is O=S(=O)(NCCC1CCCCN1S(=O)(=O)c1cccs1)c1cc(F)ccc1F. The molecule has 1 unspecified atom stereocenters. The Hall–Kier alpha value is -1.40. The molecule has 28 heavy (non-hydrogen) atoms. The molecular weight excluding hydrogens is 430 g/mol. The Morgan fingerprint density at radius 3 is 2.64 bits per heavy atom. The van der Waals surface area contributed by atoms with Gasteiger partial charge in [0, 0.05) is 19.1 Å². The second-order valence-electron chi connectivity index (χ2n) is 6.46. The molecule has 2 aromatic rings. The van der Waals surface area contributed by atoms with Crippen LogP contribution >= 0.6 is 11.3 Å². The van der Waals surface area contributed by atoms with Crippen LogP contribution in [-0.2, 0) is 20.0 Å². The first kappa shape index (κ1) is 21.3. The zero-order valence-corrected chi connectivity index (χ0v) is 17.3. The van der Waals surface area contributed by atoms with Crippen molar-refractivity contribution in [3.63, 3.8) is 0 Å². The minimum absolute atomic E-state index is 0.0839. The Labute approximate surface area is 167 Å². The number of hydrogen-bond donors (Lipinski definition) is 1. The average Bonchev–Trinajstić information content (AvgIpc) is 3.19. The van der Waals surface area contributed by atoms with Crippen LogP contribution in [0, 0.1) is 11.6 Å². The lowest BCUT2D eigenvalue weighted by Crippen LogP contribution is -2.44. The number of nitrogens with one attached hydrogen (secondary N) is 1. The van der Waals surface area contributed by atoms with Gasteiger partial charge in [-0.15, -0.1) is 11.3 Å². The Kier molecular flexibility index (Phi) is 6.50. The van der Waals surface area contributed by atoms with Crippen LogP contribution in [0.4, 0.5) is 8.78 Å². The number of benzene rings is 1. The molecule has 1 saturated heterocycles. The topological polar surface area (TPSA) is 83.6 Å². The molecule has 1 aliphatic heterocycles. The van der Waals surface area contributed by atoms with Gasteiger partial charge in [-0.1, -0.05) is 12.5 Å². The van der Waals surface area contributed by atoms with Gasteiger partial charge in [0.1, 0.15) is 20.7 Å². The quantitative estimate of drug-likeness (QED) is 0.703. The van der Waals surface area contributed by atoms with E-state index < -0.39 is 36.6 Å². The van der Waals surface area contributed by atoms with Gasteiger partial charge >= 0.3 is 0 Å². The van der Waals surface area contributed by atoms with E-state index in [1.54, 1.807) is 17.5 Å². The van der Waals surface area contributed by atoms with Crippen LogP contribution in [0.5, 0.6) is 0 Å². The Morgan fingerprint density at radius 1 is 1.14 bits per heavy atom. The number of sulfonamides is 2. The fourth-order valence-electron chi connectivity index (χ4n) is 3.23. The van der Waals surface area contributed by atoms with Gasteiger partial charge in [0.05, 0.1) is 0 Å². The molecule has 0 radical (unpaired) electrons. The number of halogens is 2. The highest BCUT2D eigenvalue weighted by molar-refractivity contribution is 7.91. The average molecular weight is 451 g/mol. The summed E-state index contributed by atoms with van der Waals surface area (Å²) >= 11 is 1.14. The van der Waals surface area contributed by atoms with E-state index in [0.29, 0.717) is 19.0 Å². The van der Waals surface area contributed by atoms with Crippen molar-refractivity contribution in [2.24, 2.45) is 0 Å². The molecular formula is C17H20F2N2O4S3. The predicted molar refractivity (Wildman–Crippen MR) is 102 cm³/mol. The van der Waals surface area contributed by atoms with Gasteiger partial charge in [-0.3, -0.25) is 0 Å². The number of thiophene rings is 1. The summed E-state index contributed by atoms with van der Waals surface area (Å²) in [5.74, 6) is -1.91. The van der Waals surface area contributed by atoms with Gasteiger partial charge in [0.25, 0.3) is 10.0 Å². The molecule has 0 amide bonds. The molecule has 1 N–H and O–H groups in total. The number of piperidine rings is 1. The molecule has 1 atom stereocenters. The normalized spacial score (nSPS) is 19.0. The summed E-state index contributed by atoms with van der Waals surface area (Å²) in [7, 11) is -7.87. The predicted octanol–water partition coefficient (Wildman–Crippen LogP) is 2.94. The van der Waals surface area contributed by atoms with Crippen LogP contribution in [0.1, 0.15) is 25.7 Å². The maximum Gasteiger partial charge on any atom is 0.252 e. The second-order valence-corrected chi connectivity index (χ2v) is 11.3. The highest BCUT2D eigenvalue weighted by atomic mass is 32.2. The Bertz CT molecular complexity index is 1020. The fraction of sp³-hybridized carbons (Fsp3) is 0.412. The van der Waals surface area contributed by atoms with Crippen molar-refractivity contribution in [3.05, 3.63) is 47.3 Å². The number of hydrogen-bond acceptors (Lipinski definition) is 5. The molecule has 1 fully saturated rings. The minimum atomic E-state index is -4.24. The van der Waals surface area contributed by atoms with Gasteiger partial charge in [0.15, 0.2) is 0 Å². The van der Waals surface area contributed by atoms with Crippen LogP contribution in [0.15, 0.2) is 44.8 Å². The highest BCUT2D eigenvalue weighted by Gasteiger charge is 2.34. The van der Waals surface area contributed by atoms with E-state index in [1.165, 1.54) is 4.31 Å². The largest absolute Gasteiger partial charge is 0.252 e. The van der Waals surface area contributed by atoms with Crippen molar-refractivity contribution in [1.29, 1.82) is 0 Å². The summed E-state index contributed by atoms with van der Waals surface area (Å²) in [6.07, 6.45) is 2.43. The summed E-state index contributed by atoms with van der Waals surface area (Å²) < 4.78 is 81.1. The van der Waals surface area contributed by atoms with Crippen LogP contribution < -0.4 is 4.72 Å². The molecule has 1 aromatic heterocycles. The van der Waals surface area contributed by atoms with Crippen molar-refractivity contribution in [2.45, 2.75) is 40.8 Å². The molecule has 0 saturated carbocycles. The lowest BCUT2D eigenvalue weighted by Gasteiger charge is -2.34. The van der Waals surface area contributed by atoms with Crippen LogP contribution in [0.2, 0.25) is 0 Å². The summed E-state index contributed by atoms with van der Waals surface area (Å²) in [6.45, 7) is 0.287. The van der Waals surface area contributed by atoms with E-state index in [1.807, 2.05) is 0 Å². The van der Waals surface area contributed by atoms with Crippen molar-refractivity contribution >= 4 is 31.4 Å². The molecule has 11 heteroatoms. The van der Waals surface area contributed by atoms with Crippen LogP contribution in [0.3, 0.4) is 0 Å². The third-order valence-corrected chi connectivity index (χ3v) is 9.38. The molecule has 0 spiro atoms. The zero-order valence-electron chi connectivity index (χ0n) is 14.8. The molecule has 0 bridgehead atoms. The molecule has 1 aromatic carbocycles. The maximum atomic E-state index is 13.8. The molecule has 1 aliphatic rings. The molecule has 3 rings (SSSR count). The molecule has 0 aliphatic carbocycles. The summed E-state index contributed by atoms with van der Waals surface area (Å²) in [6, 6.07) is 5.05. The standard InChI is InChI=1S/C17H20F2N2O4S3/c18-13-6-7-15(19)16(12-13)27(22,23)20-9-8-14-4-1-2-10-21(14)28(24,25)17-5-3-11-26-17/h3,5-7,11-12,14,20H,1-2,4,8-10H2. The van der Waals surface area contributed by atoms with Crippen molar-refractivity contribution in [2.75, 3.05) is 13.1 Å². The third-order valence-electron chi connectivity index (χ3n) is 4.58. The fourth-order valence-corrected chi connectivity index (χ4v) is 7.20. The zero-order chi connectivity index (χ0) is 20.4. The second kappa shape index (κ2) is 8.54. The van der Waals surface area contributed by atoms with E-state index in [2.05, 4.69) is 4.72 Å². The first-order valence-electron chi connectivity index (χ1n) is 8.72. The van der Waals surface area contributed by atoms with E-state index in [9.17, 15) is 25.6 Å².